The lowest BCUT2D eigenvalue weighted by molar-refractivity contribution is 0.590. The van der Waals surface area contributed by atoms with Gasteiger partial charge in [0.15, 0.2) is 5.65 Å². The van der Waals surface area contributed by atoms with Gasteiger partial charge < -0.3 is 0 Å². The fraction of sp³-hybridized carbons (Fsp3) is 0.235. The first-order valence-electron chi connectivity index (χ1n) is 13.1. The molecular formula is C34H32N4. The molecule has 0 aliphatic rings. The molecule has 0 unspecified atom stereocenters. The molecule has 6 aromatic rings. The number of nitrogens with zero attached hydrogens (tertiary/aromatic N) is 4. The molecule has 3 aromatic heterocycles. The minimum absolute atomic E-state index is 0.0865. The number of hydrogen-bond acceptors (Lipinski definition) is 4. The van der Waals surface area contributed by atoms with Crippen LogP contribution in [0.25, 0.3) is 55.4 Å². The number of aromatic nitrogens is 4. The van der Waals surface area contributed by atoms with Gasteiger partial charge in [-0.3, -0.25) is 4.98 Å². The van der Waals surface area contributed by atoms with Crippen molar-refractivity contribution in [2.24, 2.45) is 0 Å². The van der Waals surface area contributed by atoms with E-state index in [1.54, 1.807) is 12.4 Å². The van der Waals surface area contributed by atoms with Crippen LogP contribution in [0.5, 0.6) is 0 Å². The smallest absolute Gasteiger partial charge is 0.178 e. The Morgan fingerprint density at radius 3 is 1.66 bits per heavy atom. The van der Waals surface area contributed by atoms with Gasteiger partial charge in [0.25, 0.3) is 0 Å². The van der Waals surface area contributed by atoms with Crippen LogP contribution in [0.3, 0.4) is 0 Å². The molecule has 0 aliphatic carbocycles. The summed E-state index contributed by atoms with van der Waals surface area (Å²) in [5, 5.41) is 2.06. The van der Waals surface area contributed by atoms with E-state index in [1.807, 2.05) is 6.07 Å². The molecule has 4 nitrogen and oxygen atoms in total. The normalized spacial score (nSPS) is 12.5. The van der Waals surface area contributed by atoms with Gasteiger partial charge in [0, 0.05) is 34.3 Å². The number of benzene rings is 3. The van der Waals surface area contributed by atoms with Crippen molar-refractivity contribution in [3.63, 3.8) is 0 Å². The molecule has 0 N–H and O–H groups in total. The van der Waals surface area contributed by atoms with E-state index in [9.17, 15) is 0 Å². The van der Waals surface area contributed by atoms with Gasteiger partial charge in [0.05, 0.1) is 16.7 Å². The molecule has 3 aromatic carbocycles. The van der Waals surface area contributed by atoms with Gasteiger partial charge in [-0.25, -0.2) is 15.0 Å². The molecular weight excluding hydrogens is 464 g/mol. The largest absolute Gasteiger partial charge is 0.251 e. The number of hydrogen-bond donors (Lipinski definition) is 0. The predicted octanol–water partition coefficient (Wildman–Crippen LogP) is 8.66. The van der Waals surface area contributed by atoms with Gasteiger partial charge in [0.1, 0.15) is 5.52 Å². The Kier molecular flexibility index (Phi) is 5.53. The first-order valence-corrected chi connectivity index (χ1v) is 13.1. The van der Waals surface area contributed by atoms with E-state index in [-0.39, 0.29) is 10.8 Å². The Morgan fingerprint density at radius 2 is 1.05 bits per heavy atom. The number of pyridine rings is 2. The Bertz CT molecular complexity index is 1800. The fourth-order valence-electron chi connectivity index (χ4n) is 4.98. The van der Waals surface area contributed by atoms with Crippen LogP contribution in [-0.2, 0) is 10.8 Å². The molecule has 0 amide bonds. The van der Waals surface area contributed by atoms with E-state index in [4.69, 9.17) is 9.97 Å². The van der Waals surface area contributed by atoms with Crippen molar-refractivity contribution in [2.75, 3.05) is 0 Å². The van der Waals surface area contributed by atoms with E-state index in [1.165, 1.54) is 11.1 Å². The second-order valence-corrected chi connectivity index (χ2v) is 12.1. The third-order valence-electron chi connectivity index (χ3n) is 7.29. The van der Waals surface area contributed by atoms with E-state index in [0.29, 0.717) is 5.65 Å². The number of fused-ring (bicyclic) bond motifs is 4. The van der Waals surface area contributed by atoms with E-state index in [2.05, 4.69) is 118 Å². The highest BCUT2D eigenvalue weighted by atomic mass is 14.9. The molecule has 38 heavy (non-hydrogen) atoms. The van der Waals surface area contributed by atoms with Gasteiger partial charge in [-0.15, -0.1) is 0 Å². The summed E-state index contributed by atoms with van der Waals surface area (Å²) in [5.41, 5.74) is 10.2. The zero-order valence-corrected chi connectivity index (χ0v) is 22.9. The lowest BCUT2D eigenvalue weighted by Gasteiger charge is -2.20. The number of rotatable bonds is 2. The average Bonchev–Trinajstić information content (AvgIpc) is 2.90. The van der Waals surface area contributed by atoms with Crippen LogP contribution < -0.4 is 0 Å². The molecule has 6 rings (SSSR count). The SMILES string of the molecule is CC(C)(C)c1ccc(-c2cc3ccc4cc5nccnc5nc4c3nc2-c2ccc(C(C)(C)C)cc2)cc1. The van der Waals surface area contributed by atoms with Gasteiger partial charge in [-0.2, -0.15) is 0 Å². The van der Waals surface area contributed by atoms with Crippen molar-refractivity contribution < 1.29 is 0 Å². The summed E-state index contributed by atoms with van der Waals surface area (Å²) in [6.07, 6.45) is 3.38. The first-order chi connectivity index (χ1) is 18.1. The van der Waals surface area contributed by atoms with E-state index >= 15 is 0 Å². The monoisotopic (exact) mass is 496 g/mol. The summed E-state index contributed by atoms with van der Waals surface area (Å²) in [5.74, 6) is 0. The molecule has 0 bridgehead atoms. The molecule has 0 aliphatic heterocycles. The van der Waals surface area contributed by atoms with Crippen molar-refractivity contribution in [2.45, 2.75) is 52.4 Å². The van der Waals surface area contributed by atoms with Crippen molar-refractivity contribution in [1.82, 2.24) is 19.9 Å². The molecule has 4 heteroatoms. The van der Waals surface area contributed by atoms with Crippen molar-refractivity contribution in [3.8, 4) is 22.4 Å². The maximum Gasteiger partial charge on any atom is 0.178 e. The van der Waals surface area contributed by atoms with Crippen LogP contribution in [-0.4, -0.2) is 19.9 Å². The first kappa shape index (κ1) is 24.2. The average molecular weight is 497 g/mol. The maximum absolute atomic E-state index is 5.31. The van der Waals surface area contributed by atoms with Crippen molar-refractivity contribution >= 4 is 33.0 Å². The highest BCUT2D eigenvalue weighted by molar-refractivity contribution is 6.07. The molecule has 188 valence electrons. The molecule has 0 spiro atoms. The highest BCUT2D eigenvalue weighted by Crippen LogP contribution is 2.37. The van der Waals surface area contributed by atoms with Crippen molar-refractivity contribution in [3.05, 3.63) is 96.3 Å². The lowest BCUT2D eigenvalue weighted by atomic mass is 9.85. The zero-order chi connectivity index (χ0) is 26.7. The quantitative estimate of drug-likeness (QED) is 0.178. The van der Waals surface area contributed by atoms with Crippen LogP contribution >= 0.6 is 0 Å². The fourth-order valence-corrected chi connectivity index (χ4v) is 4.98. The molecule has 0 fully saturated rings. The van der Waals surface area contributed by atoms with Crippen molar-refractivity contribution in [1.29, 1.82) is 0 Å². The maximum atomic E-state index is 5.31. The van der Waals surface area contributed by atoms with Gasteiger partial charge in [-0.05, 0) is 39.7 Å². The topological polar surface area (TPSA) is 51.6 Å². The van der Waals surface area contributed by atoms with Crippen LogP contribution in [0.2, 0.25) is 0 Å². The van der Waals surface area contributed by atoms with Gasteiger partial charge in [-0.1, -0.05) is 102 Å². The second kappa shape index (κ2) is 8.70. The molecule has 0 saturated carbocycles. The Labute approximate surface area is 223 Å². The third-order valence-corrected chi connectivity index (χ3v) is 7.29. The summed E-state index contributed by atoms with van der Waals surface area (Å²) in [4.78, 5) is 19.1. The molecule has 0 atom stereocenters. The summed E-state index contributed by atoms with van der Waals surface area (Å²) < 4.78 is 0. The van der Waals surface area contributed by atoms with Crippen LogP contribution in [0.1, 0.15) is 52.7 Å². The molecule has 0 saturated heterocycles. The zero-order valence-electron chi connectivity index (χ0n) is 22.9. The minimum atomic E-state index is 0.0865. The van der Waals surface area contributed by atoms with E-state index in [0.717, 1.165) is 49.7 Å². The lowest BCUT2D eigenvalue weighted by Crippen LogP contribution is -2.10. The minimum Gasteiger partial charge on any atom is -0.251 e. The Hall–Kier alpha value is -4.18. The predicted molar refractivity (Wildman–Crippen MR) is 158 cm³/mol. The van der Waals surface area contributed by atoms with Gasteiger partial charge in [0.2, 0.25) is 0 Å². The van der Waals surface area contributed by atoms with Crippen LogP contribution in [0.4, 0.5) is 0 Å². The summed E-state index contributed by atoms with van der Waals surface area (Å²) in [7, 11) is 0. The Balaban J connectivity index is 1.62. The molecule has 0 radical (unpaired) electrons. The van der Waals surface area contributed by atoms with Crippen LogP contribution in [0, 0.1) is 0 Å². The highest BCUT2D eigenvalue weighted by Gasteiger charge is 2.18. The summed E-state index contributed by atoms with van der Waals surface area (Å²) in [6, 6.07) is 26.3. The molecule has 3 heterocycles. The standard InChI is InChI=1S/C34H32N4/c1-33(2,3)25-13-9-21(10-14-25)27-19-23-7-8-24-20-28-32(36-18-17-35-28)38-31(24)30(23)37-29(27)22-11-15-26(16-12-22)34(4,5)6/h7-20H,1-6H3. The van der Waals surface area contributed by atoms with Gasteiger partial charge >= 0.3 is 0 Å². The van der Waals surface area contributed by atoms with Crippen LogP contribution in [0.15, 0.2) is 85.2 Å². The second-order valence-electron chi connectivity index (χ2n) is 12.1. The third kappa shape index (κ3) is 4.30. The van der Waals surface area contributed by atoms with E-state index < -0.39 is 0 Å². The summed E-state index contributed by atoms with van der Waals surface area (Å²) in [6.45, 7) is 13.5. The summed E-state index contributed by atoms with van der Waals surface area (Å²) >= 11 is 0. The Morgan fingerprint density at radius 1 is 0.526 bits per heavy atom.